The third kappa shape index (κ3) is 3.86. The van der Waals surface area contributed by atoms with Crippen molar-refractivity contribution in [3.63, 3.8) is 0 Å². The second-order valence-corrected chi connectivity index (χ2v) is 7.00. The first kappa shape index (κ1) is 19.1. The van der Waals surface area contributed by atoms with E-state index >= 15 is 0 Å². The van der Waals surface area contributed by atoms with Crippen LogP contribution in [0, 0.1) is 0 Å². The van der Waals surface area contributed by atoms with Gasteiger partial charge in [-0.15, -0.1) is 0 Å². The first-order chi connectivity index (χ1) is 13.0. The Balaban J connectivity index is 1.76. The Hall–Kier alpha value is -2.70. The van der Waals surface area contributed by atoms with Gasteiger partial charge in [-0.05, 0) is 38.8 Å². The van der Waals surface area contributed by atoms with Crippen LogP contribution in [-0.4, -0.2) is 31.1 Å². The average Bonchev–Trinajstić information content (AvgIpc) is 3.29. The maximum atomic E-state index is 13.0. The van der Waals surface area contributed by atoms with Gasteiger partial charge in [-0.2, -0.15) is 0 Å². The highest BCUT2D eigenvalue weighted by Gasteiger charge is 2.43. The average molecular weight is 373 g/mol. The highest BCUT2D eigenvalue weighted by molar-refractivity contribution is 5.91. The van der Waals surface area contributed by atoms with E-state index in [1.54, 1.807) is 7.11 Å². The number of methoxy groups -OCH3 is 1. The van der Waals surface area contributed by atoms with E-state index in [1.807, 2.05) is 38.1 Å². The van der Waals surface area contributed by atoms with Gasteiger partial charge in [-0.25, -0.2) is 4.79 Å². The summed E-state index contributed by atoms with van der Waals surface area (Å²) in [6.07, 6.45) is 3.10. The van der Waals surface area contributed by atoms with E-state index < -0.39 is 5.54 Å². The lowest BCUT2D eigenvalue weighted by molar-refractivity contribution is -0.127. The number of rotatable bonds is 6. The molecule has 1 atom stereocenters. The zero-order valence-electron chi connectivity index (χ0n) is 16.1. The molecular weight excluding hydrogens is 346 g/mol. The number of fused-ring (bicyclic) bond motifs is 1. The van der Waals surface area contributed by atoms with E-state index in [9.17, 15) is 9.59 Å². The zero-order chi connectivity index (χ0) is 19.4. The van der Waals surface area contributed by atoms with E-state index in [0.717, 1.165) is 18.2 Å². The molecule has 0 aliphatic heterocycles. The largest absolute Gasteiger partial charge is 0.493 e. The minimum Gasteiger partial charge on any atom is -0.493 e. The van der Waals surface area contributed by atoms with Gasteiger partial charge < -0.3 is 25.1 Å². The molecule has 1 aliphatic carbocycles. The number of urea groups is 1. The number of para-hydroxylation sites is 1. The number of hydrogen-bond donors (Lipinski definition) is 3. The van der Waals surface area contributed by atoms with Crippen LogP contribution < -0.4 is 20.7 Å². The molecule has 0 saturated heterocycles. The standard InChI is InChI=1S/C20H27N3O4/c1-4-21-19(25)23-20(10-5-6-11-20)18(24)22-13(2)16-12-14-8-7-9-15(26-3)17(14)27-16/h7-9,12-13H,4-6,10-11H2,1-3H3,(H,22,24)(H2,21,23,25)/t13-/m1/s1. The molecule has 1 heterocycles. The molecule has 3 rings (SSSR count). The quantitative estimate of drug-likeness (QED) is 0.725. The summed E-state index contributed by atoms with van der Waals surface area (Å²) in [5.74, 6) is 1.13. The number of carbonyl (C=O) groups is 2. The van der Waals surface area contributed by atoms with Gasteiger partial charge in [-0.3, -0.25) is 4.79 Å². The number of furan rings is 1. The smallest absolute Gasteiger partial charge is 0.315 e. The summed E-state index contributed by atoms with van der Waals surface area (Å²) in [5, 5.41) is 9.51. The van der Waals surface area contributed by atoms with Crippen LogP contribution in [0.3, 0.4) is 0 Å². The number of benzene rings is 1. The summed E-state index contributed by atoms with van der Waals surface area (Å²) >= 11 is 0. The highest BCUT2D eigenvalue weighted by Crippen LogP contribution is 2.33. The molecule has 27 heavy (non-hydrogen) atoms. The number of hydrogen-bond acceptors (Lipinski definition) is 4. The normalized spacial score (nSPS) is 16.7. The van der Waals surface area contributed by atoms with Crippen molar-refractivity contribution in [2.45, 2.75) is 51.1 Å². The lowest BCUT2D eigenvalue weighted by atomic mass is 9.96. The van der Waals surface area contributed by atoms with Gasteiger partial charge in [0.1, 0.15) is 11.3 Å². The Morgan fingerprint density at radius 3 is 2.70 bits per heavy atom. The Labute approximate surface area is 158 Å². The molecule has 0 bridgehead atoms. The third-order valence-electron chi connectivity index (χ3n) is 5.10. The molecule has 1 fully saturated rings. The van der Waals surface area contributed by atoms with Crippen LogP contribution in [0.4, 0.5) is 4.79 Å². The second-order valence-electron chi connectivity index (χ2n) is 7.00. The minimum atomic E-state index is -0.864. The number of carbonyl (C=O) groups excluding carboxylic acids is 2. The summed E-state index contributed by atoms with van der Waals surface area (Å²) < 4.78 is 11.3. The second kappa shape index (κ2) is 7.90. The van der Waals surface area contributed by atoms with Gasteiger partial charge in [0.15, 0.2) is 11.3 Å². The summed E-state index contributed by atoms with van der Waals surface area (Å²) in [5.41, 5.74) is -0.204. The van der Waals surface area contributed by atoms with Gasteiger partial charge in [-0.1, -0.05) is 25.0 Å². The van der Waals surface area contributed by atoms with Gasteiger partial charge in [0, 0.05) is 11.9 Å². The molecule has 0 spiro atoms. The van der Waals surface area contributed by atoms with Crippen LogP contribution in [0.2, 0.25) is 0 Å². The molecule has 1 aromatic heterocycles. The predicted molar refractivity (Wildman–Crippen MR) is 103 cm³/mol. The summed E-state index contributed by atoms with van der Waals surface area (Å²) in [6.45, 7) is 4.23. The Bertz CT molecular complexity index is 824. The monoisotopic (exact) mass is 373 g/mol. The molecule has 3 amide bonds. The van der Waals surface area contributed by atoms with E-state index in [4.69, 9.17) is 9.15 Å². The van der Waals surface area contributed by atoms with Gasteiger partial charge in [0.25, 0.3) is 0 Å². The third-order valence-corrected chi connectivity index (χ3v) is 5.10. The first-order valence-corrected chi connectivity index (χ1v) is 9.42. The van der Waals surface area contributed by atoms with Crippen molar-refractivity contribution in [3.8, 4) is 5.75 Å². The fourth-order valence-electron chi connectivity index (χ4n) is 3.65. The summed E-state index contributed by atoms with van der Waals surface area (Å²) in [7, 11) is 1.60. The molecule has 0 unspecified atom stereocenters. The van der Waals surface area contributed by atoms with Crippen molar-refractivity contribution in [1.29, 1.82) is 0 Å². The van der Waals surface area contributed by atoms with Crippen molar-refractivity contribution >= 4 is 22.9 Å². The number of nitrogens with one attached hydrogen (secondary N) is 3. The minimum absolute atomic E-state index is 0.175. The molecular formula is C20H27N3O4. The molecule has 1 saturated carbocycles. The van der Waals surface area contributed by atoms with Gasteiger partial charge in [0.2, 0.25) is 5.91 Å². The first-order valence-electron chi connectivity index (χ1n) is 9.42. The Morgan fingerprint density at radius 2 is 2.04 bits per heavy atom. The van der Waals surface area contributed by atoms with Crippen LogP contribution in [0.25, 0.3) is 11.0 Å². The van der Waals surface area contributed by atoms with Crippen LogP contribution in [0.5, 0.6) is 5.75 Å². The predicted octanol–water partition coefficient (Wildman–Crippen LogP) is 3.25. The van der Waals surface area contributed by atoms with E-state index in [0.29, 0.717) is 36.5 Å². The summed E-state index contributed by atoms with van der Waals surface area (Å²) in [4.78, 5) is 25.0. The Kier molecular flexibility index (Phi) is 5.58. The molecule has 7 heteroatoms. The van der Waals surface area contributed by atoms with E-state index in [2.05, 4.69) is 16.0 Å². The number of amides is 3. The van der Waals surface area contributed by atoms with Gasteiger partial charge >= 0.3 is 6.03 Å². The topological polar surface area (TPSA) is 92.6 Å². The van der Waals surface area contributed by atoms with Gasteiger partial charge in [0.05, 0.1) is 13.2 Å². The molecule has 1 aromatic carbocycles. The van der Waals surface area contributed by atoms with E-state index in [1.165, 1.54) is 0 Å². The van der Waals surface area contributed by atoms with Crippen molar-refractivity contribution in [1.82, 2.24) is 16.0 Å². The van der Waals surface area contributed by atoms with Crippen molar-refractivity contribution in [2.75, 3.05) is 13.7 Å². The van der Waals surface area contributed by atoms with Crippen LogP contribution in [0.1, 0.15) is 51.3 Å². The molecule has 3 N–H and O–H groups in total. The fourth-order valence-corrected chi connectivity index (χ4v) is 3.65. The molecule has 7 nitrogen and oxygen atoms in total. The van der Waals surface area contributed by atoms with Crippen LogP contribution in [0.15, 0.2) is 28.7 Å². The zero-order valence-corrected chi connectivity index (χ0v) is 16.1. The maximum absolute atomic E-state index is 13.0. The lowest BCUT2D eigenvalue weighted by Crippen LogP contribution is -2.59. The van der Waals surface area contributed by atoms with Crippen molar-refractivity contribution in [3.05, 3.63) is 30.0 Å². The van der Waals surface area contributed by atoms with Crippen LogP contribution >= 0.6 is 0 Å². The SMILES string of the molecule is CCNC(=O)NC1(C(=O)N[C@H](C)c2cc3cccc(OC)c3o2)CCCC1. The molecule has 1 aliphatic rings. The van der Waals surface area contributed by atoms with E-state index in [-0.39, 0.29) is 18.0 Å². The lowest BCUT2D eigenvalue weighted by Gasteiger charge is -2.30. The highest BCUT2D eigenvalue weighted by atomic mass is 16.5. The van der Waals surface area contributed by atoms with Crippen molar-refractivity contribution < 1.29 is 18.7 Å². The molecule has 146 valence electrons. The molecule has 2 aromatic rings. The van der Waals surface area contributed by atoms with Crippen LogP contribution in [-0.2, 0) is 4.79 Å². The molecule has 0 radical (unpaired) electrons. The fraction of sp³-hybridized carbons (Fsp3) is 0.500. The maximum Gasteiger partial charge on any atom is 0.315 e. The van der Waals surface area contributed by atoms with Crippen molar-refractivity contribution in [2.24, 2.45) is 0 Å². The number of ether oxygens (including phenoxy) is 1. The summed E-state index contributed by atoms with van der Waals surface area (Å²) in [6, 6.07) is 6.94. The Morgan fingerprint density at radius 1 is 1.30 bits per heavy atom.